The monoisotopic (exact) mass is 335 g/mol. The van der Waals surface area contributed by atoms with Crippen LogP contribution >= 0.6 is 7.52 Å². The Hall–Kier alpha value is -2.84. The molecule has 0 aromatic heterocycles. The molecule has 0 saturated heterocycles. The van der Waals surface area contributed by atoms with Crippen LogP contribution in [-0.4, -0.2) is 5.91 Å². The number of rotatable bonds is 2. The molecule has 5 heteroatoms. The van der Waals surface area contributed by atoms with Gasteiger partial charge in [0.25, 0.3) is 5.91 Å². The lowest BCUT2D eigenvalue weighted by Crippen LogP contribution is -2.31. The van der Waals surface area contributed by atoms with Crippen LogP contribution in [0.4, 0.5) is 0 Å². The minimum atomic E-state index is -3.56. The number of carbonyl (C=O) groups excluding carboxylic acids is 1. The molecule has 3 aromatic rings. The Kier molecular flexibility index (Phi) is 3.47. The second kappa shape index (κ2) is 5.66. The SMILES string of the molecule is O=C(NP1(=O)Oc2ccccc2-c2ccccc21)c1ccccc1. The van der Waals surface area contributed by atoms with E-state index in [-0.39, 0.29) is 0 Å². The van der Waals surface area contributed by atoms with E-state index in [0.29, 0.717) is 16.6 Å². The van der Waals surface area contributed by atoms with Gasteiger partial charge in [0.2, 0.25) is 0 Å². The van der Waals surface area contributed by atoms with Crippen molar-refractivity contribution < 1.29 is 13.9 Å². The van der Waals surface area contributed by atoms with Crippen molar-refractivity contribution in [2.45, 2.75) is 0 Å². The lowest BCUT2D eigenvalue weighted by Gasteiger charge is -2.28. The third-order valence-electron chi connectivity index (χ3n) is 3.91. The number of hydrogen-bond donors (Lipinski definition) is 1. The second-order valence-corrected chi connectivity index (χ2v) is 7.45. The Morgan fingerprint density at radius 2 is 1.42 bits per heavy atom. The van der Waals surface area contributed by atoms with Gasteiger partial charge in [-0.1, -0.05) is 54.6 Å². The number of amides is 1. The van der Waals surface area contributed by atoms with Crippen LogP contribution in [0.3, 0.4) is 0 Å². The number of para-hydroxylation sites is 1. The Bertz CT molecular complexity index is 969. The molecule has 0 saturated carbocycles. The topological polar surface area (TPSA) is 55.4 Å². The van der Waals surface area contributed by atoms with Crippen molar-refractivity contribution in [1.29, 1.82) is 0 Å². The predicted octanol–water partition coefficient (Wildman–Crippen LogP) is 3.99. The molecule has 1 atom stereocenters. The summed E-state index contributed by atoms with van der Waals surface area (Å²) in [5.41, 5.74) is 2.12. The second-order valence-electron chi connectivity index (χ2n) is 5.46. The zero-order valence-electron chi connectivity index (χ0n) is 12.7. The molecular formula is C19H14NO3P. The van der Waals surface area contributed by atoms with Gasteiger partial charge in [-0.2, -0.15) is 0 Å². The molecule has 0 spiro atoms. The fourth-order valence-corrected chi connectivity index (χ4v) is 4.68. The van der Waals surface area contributed by atoms with Gasteiger partial charge in [-0.05, 0) is 24.3 Å². The highest BCUT2D eigenvalue weighted by atomic mass is 31.2. The van der Waals surface area contributed by atoms with Crippen molar-refractivity contribution in [3.63, 3.8) is 0 Å². The summed E-state index contributed by atoms with van der Waals surface area (Å²) >= 11 is 0. The molecule has 1 N–H and O–H groups in total. The van der Waals surface area contributed by atoms with Gasteiger partial charge in [0.1, 0.15) is 5.75 Å². The molecule has 3 aromatic carbocycles. The number of carbonyl (C=O) groups is 1. The van der Waals surface area contributed by atoms with Crippen LogP contribution in [0.15, 0.2) is 78.9 Å². The van der Waals surface area contributed by atoms with Gasteiger partial charge >= 0.3 is 7.52 Å². The van der Waals surface area contributed by atoms with Gasteiger partial charge in [-0.15, -0.1) is 0 Å². The van der Waals surface area contributed by atoms with Crippen molar-refractivity contribution in [2.75, 3.05) is 0 Å². The van der Waals surface area contributed by atoms with Gasteiger partial charge in [0.15, 0.2) is 0 Å². The first kappa shape index (κ1) is 14.7. The first-order valence-corrected chi connectivity index (χ1v) is 9.16. The molecule has 4 rings (SSSR count). The minimum absolute atomic E-state index is 0.423. The fraction of sp³-hybridized carbons (Fsp3) is 0. The van der Waals surface area contributed by atoms with Crippen LogP contribution in [0.5, 0.6) is 5.75 Å². The van der Waals surface area contributed by atoms with Crippen molar-refractivity contribution in [1.82, 2.24) is 5.09 Å². The summed E-state index contributed by atoms with van der Waals surface area (Å²) in [7, 11) is -3.56. The first-order valence-electron chi connectivity index (χ1n) is 7.54. The summed E-state index contributed by atoms with van der Waals surface area (Å²) in [5, 5.41) is 3.11. The van der Waals surface area contributed by atoms with E-state index in [0.717, 1.165) is 11.1 Å². The van der Waals surface area contributed by atoms with Gasteiger partial charge in [-0.3, -0.25) is 9.88 Å². The van der Waals surface area contributed by atoms with Gasteiger partial charge in [0, 0.05) is 16.7 Å². The third-order valence-corrected chi connectivity index (χ3v) is 5.89. The van der Waals surface area contributed by atoms with E-state index in [1.54, 1.807) is 42.5 Å². The van der Waals surface area contributed by atoms with Crippen LogP contribution in [-0.2, 0) is 4.57 Å². The predicted molar refractivity (Wildman–Crippen MR) is 93.7 cm³/mol. The van der Waals surface area contributed by atoms with Crippen LogP contribution in [0.1, 0.15) is 10.4 Å². The molecule has 0 fully saturated rings. The highest BCUT2D eigenvalue weighted by Gasteiger charge is 2.37. The molecule has 0 radical (unpaired) electrons. The van der Waals surface area contributed by atoms with E-state index in [1.165, 1.54) is 0 Å². The Balaban J connectivity index is 1.79. The highest BCUT2D eigenvalue weighted by Crippen LogP contribution is 2.51. The maximum atomic E-state index is 13.4. The van der Waals surface area contributed by atoms with Crippen LogP contribution in [0, 0.1) is 0 Å². The van der Waals surface area contributed by atoms with Crippen LogP contribution in [0.2, 0.25) is 0 Å². The molecule has 1 aliphatic heterocycles. The summed E-state index contributed by atoms with van der Waals surface area (Å²) in [5.74, 6) is 0.0843. The molecule has 0 bridgehead atoms. The number of fused-ring (bicyclic) bond motifs is 3. The smallest absolute Gasteiger partial charge is 0.374 e. The largest absolute Gasteiger partial charge is 0.425 e. The van der Waals surface area contributed by atoms with Gasteiger partial charge in [-0.25, -0.2) is 4.57 Å². The zero-order chi connectivity index (χ0) is 16.6. The standard InChI is InChI=1S/C19H14NO3P/c21-19(14-8-2-1-3-9-14)20-24(22)18-13-7-5-11-16(18)15-10-4-6-12-17(15)23-24/h1-13H,(H,20,21,22). The maximum absolute atomic E-state index is 13.4. The van der Waals surface area contributed by atoms with E-state index >= 15 is 0 Å². The maximum Gasteiger partial charge on any atom is 0.374 e. The van der Waals surface area contributed by atoms with Crippen molar-refractivity contribution in [3.05, 3.63) is 84.4 Å². The van der Waals surface area contributed by atoms with E-state index in [1.807, 2.05) is 36.4 Å². The van der Waals surface area contributed by atoms with Gasteiger partial charge < -0.3 is 4.52 Å². The van der Waals surface area contributed by atoms with Crippen LogP contribution < -0.4 is 14.9 Å². The molecule has 1 aliphatic rings. The lowest BCUT2D eigenvalue weighted by molar-refractivity contribution is 0.0978. The van der Waals surface area contributed by atoms with E-state index in [9.17, 15) is 9.36 Å². The average Bonchev–Trinajstić information content (AvgIpc) is 2.62. The molecule has 1 heterocycles. The van der Waals surface area contributed by atoms with Crippen molar-refractivity contribution in [3.8, 4) is 16.9 Å². The number of benzene rings is 3. The normalized spacial score (nSPS) is 18.0. The zero-order valence-corrected chi connectivity index (χ0v) is 13.6. The Labute approximate surface area is 139 Å². The molecular weight excluding hydrogens is 321 g/mol. The van der Waals surface area contributed by atoms with Gasteiger partial charge in [0.05, 0.1) is 5.30 Å². The highest BCUT2D eigenvalue weighted by molar-refractivity contribution is 7.66. The third kappa shape index (κ3) is 2.41. The molecule has 24 heavy (non-hydrogen) atoms. The summed E-state index contributed by atoms with van der Waals surface area (Å²) < 4.78 is 19.2. The first-order chi connectivity index (χ1) is 11.7. The van der Waals surface area contributed by atoms with E-state index in [4.69, 9.17) is 4.52 Å². The molecule has 1 amide bonds. The number of nitrogens with one attached hydrogen (secondary N) is 1. The van der Waals surface area contributed by atoms with E-state index in [2.05, 4.69) is 5.09 Å². The Morgan fingerprint density at radius 1 is 0.792 bits per heavy atom. The van der Waals surface area contributed by atoms with E-state index < -0.39 is 13.4 Å². The van der Waals surface area contributed by atoms with Crippen molar-refractivity contribution in [2.24, 2.45) is 0 Å². The minimum Gasteiger partial charge on any atom is -0.425 e. The van der Waals surface area contributed by atoms with Crippen molar-refractivity contribution >= 4 is 18.7 Å². The lowest BCUT2D eigenvalue weighted by atomic mass is 10.0. The summed E-state index contributed by atoms with van der Waals surface area (Å²) in [4.78, 5) is 12.5. The summed E-state index contributed by atoms with van der Waals surface area (Å²) in [6.45, 7) is 0. The Morgan fingerprint density at radius 3 is 2.21 bits per heavy atom. The number of hydrogen-bond acceptors (Lipinski definition) is 3. The molecule has 118 valence electrons. The summed E-state index contributed by atoms with van der Waals surface area (Å²) in [6.07, 6.45) is 0. The summed E-state index contributed by atoms with van der Waals surface area (Å²) in [6, 6.07) is 23.4. The molecule has 1 unspecified atom stereocenters. The molecule has 4 nitrogen and oxygen atoms in total. The quantitative estimate of drug-likeness (QED) is 0.720. The fourth-order valence-electron chi connectivity index (χ4n) is 2.79. The van der Waals surface area contributed by atoms with Crippen LogP contribution in [0.25, 0.3) is 11.1 Å². The molecule has 0 aliphatic carbocycles. The average molecular weight is 335 g/mol.